The van der Waals surface area contributed by atoms with Gasteiger partial charge in [-0.3, -0.25) is 9.59 Å². The van der Waals surface area contributed by atoms with Gasteiger partial charge in [0, 0.05) is 26.3 Å². The number of aromatic nitrogens is 3. The van der Waals surface area contributed by atoms with E-state index >= 15 is 0 Å². The molecule has 14 nitrogen and oxygen atoms in total. The summed E-state index contributed by atoms with van der Waals surface area (Å²) in [4.78, 5) is 60.8. The molecule has 3 heterocycles. The molecule has 2 atom stereocenters. The summed E-state index contributed by atoms with van der Waals surface area (Å²) >= 11 is 0. The van der Waals surface area contributed by atoms with E-state index in [1.165, 1.54) is 17.1 Å². The quantitative estimate of drug-likeness (QED) is 0.286. The molecule has 1 aliphatic rings. The highest BCUT2D eigenvalue weighted by atomic mass is 16.6. The second-order valence-electron chi connectivity index (χ2n) is 10.4. The summed E-state index contributed by atoms with van der Waals surface area (Å²) in [7, 11) is 1.88. The molecule has 14 heteroatoms. The van der Waals surface area contributed by atoms with Crippen molar-refractivity contribution >= 4 is 40.9 Å². The number of nitrogens with one attached hydrogen (secondary N) is 1. The minimum Gasteiger partial charge on any atom is -0.461 e. The highest BCUT2D eigenvalue weighted by Crippen LogP contribution is 2.29. The van der Waals surface area contributed by atoms with E-state index in [1.54, 1.807) is 31.7 Å². The maximum absolute atomic E-state index is 12.7. The van der Waals surface area contributed by atoms with Crippen LogP contribution in [0.1, 0.15) is 40.5 Å². The van der Waals surface area contributed by atoms with Crippen molar-refractivity contribution in [3.63, 3.8) is 0 Å². The van der Waals surface area contributed by atoms with Gasteiger partial charge in [-0.25, -0.2) is 24.1 Å². The summed E-state index contributed by atoms with van der Waals surface area (Å²) in [5, 5.41) is 11.8. The topological polar surface area (TPSA) is 169 Å². The highest BCUT2D eigenvalue weighted by molar-refractivity contribution is 5.93. The third-order valence-corrected chi connectivity index (χ3v) is 6.34. The van der Waals surface area contributed by atoms with Crippen molar-refractivity contribution in [1.82, 2.24) is 24.8 Å². The van der Waals surface area contributed by atoms with Gasteiger partial charge in [-0.15, -0.1) is 0 Å². The third kappa shape index (κ3) is 7.81. The monoisotopic (exact) mass is 557 g/mol. The number of carbonyl (C=O) groups excluding carboxylic acids is 4. The van der Waals surface area contributed by atoms with Gasteiger partial charge in [0.25, 0.3) is 0 Å². The fraction of sp³-hybridized carbons (Fsp3) is 0.577. The lowest BCUT2D eigenvalue weighted by atomic mass is 9.92. The summed E-state index contributed by atoms with van der Waals surface area (Å²) in [6.07, 6.45) is 2.03. The SMILES string of the molecule is C[C@@H]1CCN(C(=O)CC#N)C[C@@H]1N(C)c1ncnc2c1ccn2C(=O)OCCOC(=O)CNC(=O)OC(C)(C)C. The Morgan fingerprint density at radius 2 is 1.93 bits per heavy atom. The van der Waals surface area contributed by atoms with Crippen LogP contribution in [0.15, 0.2) is 18.6 Å². The molecule has 0 spiro atoms. The number of piperidine rings is 1. The second kappa shape index (κ2) is 13.1. The molecule has 2 aromatic heterocycles. The average molecular weight is 558 g/mol. The Hall–Kier alpha value is -4.41. The summed E-state index contributed by atoms with van der Waals surface area (Å²) < 4.78 is 16.5. The number of anilines is 1. The number of esters is 1. The first-order chi connectivity index (χ1) is 18.9. The summed E-state index contributed by atoms with van der Waals surface area (Å²) in [5.41, 5.74) is -0.360. The van der Waals surface area contributed by atoms with Crippen molar-refractivity contribution in [2.24, 2.45) is 5.92 Å². The van der Waals surface area contributed by atoms with Crippen LogP contribution in [-0.4, -0.2) is 95.0 Å². The number of likely N-dealkylation sites (N-methyl/N-ethyl adjacent to an activating group) is 1. The molecule has 0 unspecified atom stereocenters. The molecule has 1 fully saturated rings. The predicted octanol–water partition coefficient (Wildman–Crippen LogP) is 2.07. The number of alkyl carbamates (subject to hydrolysis) is 1. The molecule has 0 aliphatic carbocycles. The fourth-order valence-electron chi connectivity index (χ4n) is 4.35. The smallest absolute Gasteiger partial charge is 0.419 e. The molecule has 0 saturated carbocycles. The van der Waals surface area contributed by atoms with E-state index in [-0.39, 0.29) is 44.0 Å². The minimum atomic E-state index is -0.745. The van der Waals surface area contributed by atoms with Crippen LogP contribution in [0.25, 0.3) is 11.0 Å². The van der Waals surface area contributed by atoms with E-state index in [2.05, 4.69) is 22.2 Å². The van der Waals surface area contributed by atoms with Gasteiger partial charge in [-0.05, 0) is 39.2 Å². The first-order valence-corrected chi connectivity index (χ1v) is 12.9. The Morgan fingerprint density at radius 3 is 2.62 bits per heavy atom. The van der Waals surface area contributed by atoms with Gasteiger partial charge in [0.1, 0.15) is 43.9 Å². The van der Waals surface area contributed by atoms with Gasteiger partial charge in [-0.2, -0.15) is 5.26 Å². The molecule has 40 heavy (non-hydrogen) atoms. The third-order valence-electron chi connectivity index (χ3n) is 6.34. The van der Waals surface area contributed by atoms with Crippen molar-refractivity contribution in [2.45, 2.75) is 52.2 Å². The summed E-state index contributed by atoms with van der Waals surface area (Å²) in [5.74, 6) is -0.0530. The number of carbonyl (C=O) groups is 4. The Kier molecular flexibility index (Phi) is 9.87. The molecule has 2 aromatic rings. The van der Waals surface area contributed by atoms with Crippen LogP contribution in [0.2, 0.25) is 0 Å². The van der Waals surface area contributed by atoms with E-state index in [9.17, 15) is 19.2 Å². The summed E-state index contributed by atoms with van der Waals surface area (Å²) in [6.45, 7) is 7.46. The van der Waals surface area contributed by atoms with Gasteiger partial charge in [-0.1, -0.05) is 6.92 Å². The lowest BCUT2D eigenvalue weighted by molar-refractivity contribution is -0.143. The van der Waals surface area contributed by atoms with Crippen LogP contribution < -0.4 is 10.2 Å². The van der Waals surface area contributed by atoms with E-state index < -0.39 is 23.8 Å². The zero-order chi connectivity index (χ0) is 29.4. The molecule has 0 radical (unpaired) electrons. The first kappa shape index (κ1) is 30.1. The standard InChI is InChI=1S/C26H35N7O7/c1-17-7-10-32(20(34)6-9-27)15-19(17)31(5)22-18-8-11-33(23(18)30-16-29-22)25(37)39-13-12-38-21(35)14-28-24(36)40-26(2,3)4/h8,11,16-17,19H,6-7,10,12-15H2,1-5H3,(H,28,36)/t17-,19+/m1/s1. The Bertz CT molecular complexity index is 1280. The number of fused-ring (bicyclic) bond motifs is 1. The molecule has 3 rings (SSSR count). The van der Waals surface area contributed by atoms with Crippen LogP contribution in [0.5, 0.6) is 0 Å². The predicted molar refractivity (Wildman–Crippen MR) is 142 cm³/mol. The first-order valence-electron chi connectivity index (χ1n) is 12.9. The number of likely N-dealkylation sites (tertiary alicyclic amines) is 1. The lowest BCUT2D eigenvalue weighted by Crippen LogP contribution is -2.52. The molecular formula is C26H35N7O7. The number of amides is 2. The van der Waals surface area contributed by atoms with Gasteiger partial charge >= 0.3 is 18.2 Å². The zero-order valence-electron chi connectivity index (χ0n) is 23.4. The number of hydrogen-bond donors (Lipinski definition) is 1. The molecular weight excluding hydrogens is 522 g/mol. The minimum absolute atomic E-state index is 0.0516. The maximum Gasteiger partial charge on any atom is 0.419 e. The molecule has 216 valence electrons. The van der Waals surface area contributed by atoms with Gasteiger partial charge in [0.2, 0.25) is 5.91 Å². The number of rotatable bonds is 8. The van der Waals surface area contributed by atoms with Gasteiger partial charge in [0.15, 0.2) is 5.65 Å². The van der Waals surface area contributed by atoms with Crippen molar-refractivity contribution in [2.75, 3.05) is 44.8 Å². The lowest BCUT2D eigenvalue weighted by Gasteiger charge is -2.42. The van der Waals surface area contributed by atoms with Crippen molar-refractivity contribution < 1.29 is 33.4 Å². The zero-order valence-corrected chi connectivity index (χ0v) is 23.4. The molecule has 1 N–H and O–H groups in total. The van der Waals surface area contributed by atoms with Crippen molar-refractivity contribution in [1.29, 1.82) is 5.26 Å². The fourth-order valence-corrected chi connectivity index (χ4v) is 4.35. The average Bonchev–Trinajstić information content (AvgIpc) is 3.33. The molecule has 0 aromatic carbocycles. The van der Waals surface area contributed by atoms with Gasteiger partial charge in [0.05, 0.1) is 17.5 Å². The maximum atomic E-state index is 12.7. The summed E-state index contributed by atoms with van der Waals surface area (Å²) in [6, 6.07) is 3.57. The number of hydrogen-bond acceptors (Lipinski definition) is 11. The number of nitrogens with zero attached hydrogens (tertiary/aromatic N) is 6. The van der Waals surface area contributed by atoms with E-state index in [4.69, 9.17) is 19.5 Å². The van der Waals surface area contributed by atoms with Gasteiger partial charge < -0.3 is 29.3 Å². The van der Waals surface area contributed by atoms with Crippen molar-refractivity contribution in [3.05, 3.63) is 18.6 Å². The van der Waals surface area contributed by atoms with Crippen LogP contribution in [0, 0.1) is 17.2 Å². The normalized spacial score (nSPS) is 17.1. The molecule has 2 amide bonds. The van der Waals surface area contributed by atoms with E-state index in [1.807, 2.05) is 18.0 Å². The molecule has 0 bridgehead atoms. The van der Waals surface area contributed by atoms with E-state index in [0.29, 0.717) is 29.9 Å². The second-order valence-corrected chi connectivity index (χ2v) is 10.4. The largest absolute Gasteiger partial charge is 0.461 e. The number of ether oxygens (including phenoxy) is 3. The number of nitriles is 1. The molecule has 1 aliphatic heterocycles. The highest BCUT2D eigenvalue weighted by Gasteiger charge is 2.33. The Balaban J connectivity index is 1.57. The van der Waals surface area contributed by atoms with Crippen molar-refractivity contribution in [3.8, 4) is 6.07 Å². The van der Waals surface area contributed by atoms with E-state index in [0.717, 1.165) is 6.42 Å². The van der Waals surface area contributed by atoms with Crippen LogP contribution in [0.4, 0.5) is 15.4 Å². The Morgan fingerprint density at radius 1 is 1.20 bits per heavy atom. The molecule has 1 saturated heterocycles. The van der Waals surface area contributed by atoms with Crippen LogP contribution in [-0.2, 0) is 23.8 Å². The van der Waals surface area contributed by atoms with Crippen LogP contribution >= 0.6 is 0 Å². The van der Waals surface area contributed by atoms with Crippen LogP contribution in [0.3, 0.4) is 0 Å². The Labute approximate surface area is 232 Å².